The fourth-order valence-corrected chi connectivity index (χ4v) is 7.40. The highest BCUT2D eigenvalue weighted by Crippen LogP contribution is 2.28. The lowest BCUT2D eigenvalue weighted by Crippen LogP contribution is -2.55. The van der Waals surface area contributed by atoms with Gasteiger partial charge in [-0.3, -0.25) is 9.59 Å². The summed E-state index contributed by atoms with van der Waals surface area (Å²) in [5, 5.41) is 50.0. The van der Waals surface area contributed by atoms with Crippen LogP contribution in [0.3, 0.4) is 0 Å². The summed E-state index contributed by atoms with van der Waals surface area (Å²) in [6, 6.07) is 3.00. The van der Waals surface area contributed by atoms with Crippen LogP contribution >= 0.6 is 45.2 Å². The predicted molar refractivity (Wildman–Crippen MR) is 209 cm³/mol. The Kier molecular flexibility index (Phi) is 17.5. The number of rotatable bonds is 21. The Hall–Kier alpha value is -3.39. The van der Waals surface area contributed by atoms with E-state index in [0.29, 0.717) is 20.8 Å². The van der Waals surface area contributed by atoms with Crippen LogP contribution in [-0.2, 0) is 53.0 Å². The zero-order valence-corrected chi connectivity index (χ0v) is 35.5. The summed E-state index contributed by atoms with van der Waals surface area (Å²) in [5.74, 6) is -5.71. The topological polar surface area (TPSA) is 272 Å². The van der Waals surface area contributed by atoms with E-state index in [1.807, 2.05) is 45.2 Å². The molecule has 1 heterocycles. The van der Waals surface area contributed by atoms with E-state index < -0.39 is 109 Å². The molecule has 0 aliphatic heterocycles. The van der Waals surface area contributed by atoms with Crippen LogP contribution in [-0.4, -0.2) is 112 Å². The highest BCUT2D eigenvalue weighted by atomic mass is 127. The maximum Gasteiger partial charge on any atom is 0.342 e. The van der Waals surface area contributed by atoms with Crippen LogP contribution in [0.4, 0.5) is 0 Å². The van der Waals surface area contributed by atoms with Crippen molar-refractivity contribution in [1.29, 1.82) is 0 Å². The number of carboxylic acid groups (broad SMARTS) is 1. The second-order valence-corrected chi connectivity index (χ2v) is 16.5. The number of carboxylic acids is 1. The smallest absolute Gasteiger partial charge is 0.342 e. The number of aliphatic hydroxyl groups is 3. The minimum absolute atomic E-state index is 0.00297. The number of halogens is 2. The zero-order valence-electron chi connectivity index (χ0n) is 31.2. The average Bonchev–Trinajstić information content (AvgIpc) is 3.01. The molecule has 0 fully saturated rings. The Labute approximate surface area is 342 Å². The number of hydrogen-bond acceptors (Lipinski definition) is 15. The molecule has 3 atom stereocenters. The number of aliphatic hydroxyl groups excluding tert-OH is 2. The van der Waals surface area contributed by atoms with E-state index in [4.69, 9.17) is 18.9 Å². The van der Waals surface area contributed by atoms with Crippen molar-refractivity contribution in [2.75, 3.05) is 19.8 Å². The Bertz CT molecular complexity index is 1900. The van der Waals surface area contributed by atoms with E-state index >= 15 is 0 Å². The number of aromatic hydroxyl groups is 1. The van der Waals surface area contributed by atoms with E-state index in [-0.39, 0.29) is 37.3 Å². The van der Waals surface area contributed by atoms with E-state index in [0.717, 1.165) is 0 Å². The normalized spacial score (nSPS) is 14.1. The molecule has 0 spiro atoms. The summed E-state index contributed by atoms with van der Waals surface area (Å²) < 4.78 is 24.0. The maximum atomic E-state index is 13.4. The van der Waals surface area contributed by atoms with E-state index in [1.54, 1.807) is 26.8 Å². The van der Waals surface area contributed by atoms with Gasteiger partial charge in [-0.2, -0.15) is 0 Å². The lowest BCUT2D eigenvalue weighted by atomic mass is 9.95. The Morgan fingerprint density at radius 2 is 1.20 bits per heavy atom. The summed E-state index contributed by atoms with van der Waals surface area (Å²) in [4.78, 5) is 90.1. The molecule has 2 aromatic rings. The lowest BCUT2D eigenvalue weighted by molar-refractivity contribution is -0.178. The molecule has 0 aliphatic carbocycles. The van der Waals surface area contributed by atoms with Crippen molar-refractivity contribution >= 4 is 69.1 Å². The molecule has 1 aromatic heterocycles. The van der Waals surface area contributed by atoms with Crippen molar-refractivity contribution in [3.05, 3.63) is 56.3 Å². The van der Waals surface area contributed by atoms with Gasteiger partial charge in [-0.05, 0) is 98.9 Å². The number of nitrogens with zero attached hydrogens (tertiary/aromatic N) is 3. The highest BCUT2D eigenvalue weighted by Gasteiger charge is 2.43. The van der Waals surface area contributed by atoms with Crippen molar-refractivity contribution in [3.8, 4) is 5.75 Å². The van der Waals surface area contributed by atoms with Crippen LogP contribution in [0.2, 0.25) is 0 Å². The number of aromatic nitrogens is 3. The molecule has 2 rings (SSSR count). The molecule has 308 valence electrons. The van der Waals surface area contributed by atoms with Crippen molar-refractivity contribution in [2.45, 2.75) is 116 Å². The van der Waals surface area contributed by atoms with Crippen molar-refractivity contribution in [2.24, 2.45) is 0 Å². The van der Waals surface area contributed by atoms with Gasteiger partial charge in [0, 0.05) is 16.4 Å². The largest absolute Gasteiger partial charge is 0.506 e. The van der Waals surface area contributed by atoms with E-state index in [9.17, 15) is 59.1 Å². The molecular formula is C34H47I2N3O16. The molecule has 3 unspecified atom stereocenters. The van der Waals surface area contributed by atoms with Gasteiger partial charge in [0.2, 0.25) is 0 Å². The monoisotopic (exact) mass is 1010 g/mol. The number of carbonyl (C=O) groups excluding carboxylic acids is 3. The molecule has 0 radical (unpaired) electrons. The molecule has 19 nitrogen and oxygen atoms in total. The lowest BCUT2D eigenvalue weighted by Gasteiger charge is -2.28. The number of ether oxygens (including phenoxy) is 4. The van der Waals surface area contributed by atoms with Gasteiger partial charge in [-0.15, -0.1) is 0 Å². The van der Waals surface area contributed by atoms with Gasteiger partial charge < -0.3 is 44.5 Å². The number of phenolic OH excluding ortho intramolecular Hbond substituents is 1. The van der Waals surface area contributed by atoms with Crippen LogP contribution in [0.5, 0.6) is 5.75 Å². The third-order valence-corrected chi connectivity index (χ3v) is 9.25. The molecule has 5 N–H and O–H groups in total. The molecular weight excluding hydrogens is 960 g/mol. The number of hydrogen-bond donors (Lipinski definition) is 5. The minimum Gasteiger partial charge on any atom is -0.506 e. The summed E-state index contributed by atoms with van der Waals surface area (Å²) in [7, 11) is 0. The third kappa shape index (κ3) is 14.6. The third-order valence-electron chi connectivity index (χ3n) is 7.80. The van der Waals surface area contributed by atoms with Crippen molar-refractivity contribution in [3.63, 3.8) is 0 Å². The quantitative estimate of drug-likeness (QED) is 0.0656. The molecule has 0 saturated heterocycles. The summed E-state index contributed by atoms with van der Waals surface area (Å²) in [5.41, 5.74) is -8.60. The first-order valence-electron chi connectivity index (χ1n) is 16.9. The van der Waals surface area contributed by atoms with Crippen LogP contribution in [0.15, 0.2) is 26.5 Å². The number of carbonyl (C=O) groups is 4. The zero-order chi connectivity index (χ0) is 42.1. The average molecular weight is 1010 g/mol. The number of phenols is 1. The predicted octanol–water partition coefficient (Wildman–Crippen LogP) is 0.741. The molecule has 0 aliphatic rings. The highest BCUT2D eigenvalue weighted by molar-refractivity contribution is 14.1. The van der Waals surface area contributed by atoms with Crippen LogP contribution in [0.25, 0.3) is 0 Å². The van der Waals surface area contributed by atoms with Crippen molar-refractivity contribution < 1.29 is 63.7 Å². The minimum atomic E-state index is -2.96. The van der Waals surface area contributed by atoms with Crippen LogP contribution in [0.1, 0.15) is 77.6 Å². The van der Waals surface area contributed by atoms with Gasteiger partial charge in [0.05, 0.1) is 60.5 Å². The Balaban J connectivity index is 2.31. The molecule has 21 heteroatoms. The summed E-state index contributed by atoms with van der Waals surface area (Å²) >= 11 is 3.77. The summed E-state index contributed by atoms with van der Waals surface area (Å²) in [6.07, 6.45) is -3.76. The van der Waals surface area contributed by atoms with Gasteiger partial charge in [0.15, 0.2) is 5.60 Å². The van der Waals surface area contributed by atoms with Gasteiger partial charge in [0.1, 0.15) is 30.1 Å². The van der Waals surface area contributed by atoms with Gasteiger partial charge in [0.25, 0.3) is 0 Å². The Morgan fingerprint density at radius 1 is 0.745 bits per heavy atom. The summed E-state index contributed by atoms with van der Waals surface area (Å²) in [6.45, 7) is 6.22. The molecule has 1 aromatic carbocycles. The van der Waals surface area contributed by atoms with Crippen LogP contribution < -0.4 is 17.1 Å². The number of esters is 3. The first-order chi connectivity index (χ1) is 25.3. The maximum absolute atomic E-state index is 13.4. The van der Waals surface area contributed by atoms with Gasteiger partial charge in [-0.1, -0.05) is 0 Å². The van der Waals surface area contributed by atoms with E-state index in [2.05, 4.69) is 0 Å². The Morgan fingerprint density at radius 3 is 1.69 bits per heavy atom. The van der Waals surface area contributed by atoms with Gasteiger partial charge in [-0.25, -0.2) is 37.7 Å². The van der Waals surface area contributed by atoms with E-state index in [1.165, 1.54) is 26.8 Å². The molecule has 0 bridgehead atoms. The fraction of sp³-hybridized carbons (Fsp3) is 0.618. The molecule has 55 heavy (non-hydrogen) atoms. The number of benzene rings is 1. The van der Waals surface area contributed by atoms with Crippen molar-refractivity contribution in [1.82, 2.24) is 13.7 Å². The number of aliphatic carboxylic acids is 1. The van der Waals surface area contributed by atoms with Gasteiger partial charge >= 0.3 is 40.9 Å². The SMILES string of the molecule is CC(O)CC(C)(C)OCCn1c(=O)n(CCOC(=O)CC(O)(CC(=O)OC(C)(C)CC(C)O)C(=O)O)c(=O)n(CCOC(=O)c2cc(I)cc(I)c2O)c1=O. The fourth-order valence-electron chi connectivity index (χ4n) is 5.56. The first-order valence-corrected chi connectivity index (χ1v) is 19.1. The second kappa shape index (κ2) is 20.2. The molecule has 0 amide bonds. The first kappa shape index (κ1) is 47.8. The molecule has 0 saturated carbocycles. The standard InChI is InChI=1S/C34H47I2N3O16/c1-19(40)15-32(3,4)54-12-9-39-30(49)37(29(48)38(31(39)50)8-11-53-27(45)22-13-21(35)14-23(36)26(22)44)7-10-52-24(42)17-34(51,28(46)47)18-25(43)55-33(5,6)16-20(2)41/h13-14,19-20,40-41,44,51H,7-12,15-18H2,1-6H3,(H,46,47). The van der Waals surface area contributed by atoms with Crippen LogP contribution in [0, 0.1) is 7.14 Å². The second-order valence-electron chi connectivity index (χ2n) is 14.1.